The molecular formula is C16H28OSi. The molecule has 0 radical (unpaired) electrons. The van der Waals surface area contributed by atoms with Crippen molar-refractivity contribution >= 4 is 8.07 Å². The molecule has 1 atom stereocenters. The third-order valence-electron chi connectivity index (χ3n) is 5.24. The van der Waals surface area contributed by atoms with Gasteiger partial charge in [-0.15, -0.1) is 6.42 Å². The number of rotatable bonds is 2. The Balaban J connectivity index is 2.41. The Hall–Kier alpha value is -0.263. The van der Waals surface area contributed by atoms with Crippen LogP contribution < -0.4 is 0 Å². The summed E-state index contributed by atoms with van der Waals surface area (Å²) in [5.41, 5.74) is 0.0378. The molecule has 2 heteroatoms. The minimum atomic E-state index is -1.45. The van der Waals surface area contributed by atoms with Gasteiger partial charge in [0.2, 0.25) is 0 Å². The van der Waals surface area contributed by atoms with E-state index in [-0.39, 0.29) is 10.6 Å². The van der Waals surface area contributed by atoms with E-state index in [1.54, 1.807) is 0 Å². The lowest BCUT2D eigenvalue weighted by Gasteiger charge is -2.57. The van der Waals surface area contributed by atoms with Gasteiger partial charge in [0.15, 0.2) is 0 Å². The summed E-state index contributed by atoms with van der Waals surface area (Å²) >= 11 is 0. The zero-order valence-corrected chi connectivity index (χ0v) is 13.3. The highest BCUT2D eigenvalue weighted by atomic mass is 28.3. The van der Waals surface area contributed by atoms with Crippen LogP contribution in [0, 0.1) is 17.8 Å². The standard InChI is InChI=1S/C16H28OSi/c1-5-15(11-7-6-8-12-15)16(18(2,3)4)13-9-10-14-17-16/h1H,6-14H2,2-4H3. The van der Waals surface area contributed by atoms with E-state index in [2.05, 4.69) is 25.6 Å². The Kier molecular flexibility index (Phi) is 3.95. The second-order valence-electron chi connectivity index (χ2n) is 7.17. The largest absolute Gasteiger partial charge is 0.377 e. The molecule has 18 heavy (non-hydrogen) atoms. The maximum atomic E-state index is 6.48. The number of terminal acetylenes is 1. The fraction of sp³-hybridized carbons (Fsp3) is 0.875. The maximum absolute atomic E-state index is 6.48. The van der Waals surface area contributed by atoms with E-state index < -0.39 is 8.07 Å². The molecule has 0 spiro atoms. The quantitative estimate of drug-likeness (QED) is 0.531. The molecule has 2 aliphatic rings. The molecule has 102 valence electrons. The maximum Gasteiger partial charge on any atom is 0.0844 e. The van der Waals surface area contributed by atoms with Gasteiger partial charge in [-0.3, -0.25) is 0 Å². The van der Waals surface area contributed by atoms with Gasteiger partial charge in [0.1, 0.15) is 0 Å². The topological polar surface area (TPSA) is 9.23 Å². The summed E-state index contributed by atoms with van der Waals surface area (Å²) in [7, 11) is -1.45. The van der Waals surface area contributed by atoms with Gasteiger partial charge in [-0.1, -0.05) is 44.8 Å². The van der Waals surface area contributed by atoms with Crippen molar-refractivity contribution in [2.75, 3.05) is 6.61 Å². The third-order valence-corrected chi connectivity index (χ3v) is 8.54. The highest BCUT2D eigenvalue weighted by Crippen LogP contribution is 2.54. The van der Waals surface area contributed by atoms with Crippen LogP contribution in [-0.2, 0) is 4.74 Å². The highest BCUT2D eigenvalue weighted by molar-refractivity contribution is 6.79. The number of hydrogen-bond acceptors (Lipinski definition) is 1. The van der Waals surface area contributed by atoms with Gasteiger partial charge in [0.25, 0.3) is 0 Å². The Labute approximate surface area is 114 Å². The molecule has 2 rings (SSSR count). The van der Waals surface area contributed by atoms with Crippen molar-refractivity contribution in [1.29, 1.82) is 0 Å². The van der Waals surface area contributed by atoms with Gasteiger partial charge in [0, 0.05) is 6.61 Å². The number of hydrogen-bond donors (Lipinski definition) is 0. The second kappa shape index (κ2) is 5.02. The smallest absolute Gasteiger partial charge is 0.0844 e. The Bertz CT molecular complexity index is 322. The summed E-state index contributed by atoms with van der Waals surface area (Å²) in [6.45, 7) is 8.28. The molecular weight excluding hydrogens is 236 g/mol. The summed E-state index contributed by atoms with van der Waals surface area (Å²) < 4.78 is 6.48. The first kappa shape index (κ1) is 14.2. The minimum Gasteiger partial charge on any atom is -0.377 e. The van der Waals surface area contributed by atoms with Crippen LogP contribution in [0.5, 0.6) is 0 Å². The fourth-order valence-electron chi connectivity index (χ4n) is 4.30. The van der Waals surface area contributed by atoms with Gasteiger partial charge < -0.3 is 4.74 Å². The Morgan fingerprint density at radius 2 is 1.56 bits per heavy atom. The third kappa shape index (κ3) is 2.06. The summed E-state index contributed by atoms with van der Waals surface area (Å²) in [4.78, 5) is 0. The molecule has 1 nitrogen and oxygen atoms in total. The predicted molar refractivity (Wildman–Crippen MR) is 80.2 cm³/mol. The van der Waals surface area contributed by atoms with Crippen LogP contribution in [0.1, 0.15) is 51.4 Å². The molecule has 0 aromatic heterocycles. The first-order valence-corrected chi connectivity index (χ1v) is 11.1. The summed E-state index contributed by atoms with van der Waals surface area (Å²) in [5, 5.41) is 0.0351. The van der Waals surface area contributed by atoms with Crippen LogP contribution in [0.25, 0.3) is 0 Å². The molecule has 1 heterocycles. The van der Waals surface area contributed by atoms with E-state index in [1.807, 2.05) is 0 Å². The molecule has 0 bridgehead atoms. The average molecular weight is 264 g/mol. The van der Waals surface area contributed by atoms with Crippen LogP contribution >= 0.6 is 0 Å². The molecule has 1 aliphatic carbocycles. The molecule has 1 aliphatic heterocycles. The van der Waals surface area contributed by atoms with Crippen molar-refractivity contribution in [3.05, 3.63) is 0 Å². The molecule has 0 amide bonds. The van der Waals surface area contributed by atoms with Crippen molar-refractivity contribution in [3.63, 3.8) is 0 Å². The average Bonchev–Trinajstić information content (AvgIpc) is 2.39. The van der Waals surface area contributed by atoms with Crippen LogP contribution in [0.2, 0.25) is 19.6 Å². The van der Waals surface area contributed by atoms with Crippen molar-refractivity contribution in [2.24, 2.45) is 5.41 Å². The summed E-state index contributed by atoms with van der Waals surface area (Å²) in [5.74, 6) is 3.24. The highest BCUT2D eigenvalue weighted by Gasteiger charge is 2.59. The Morgan fingerprint density at radius 3 is 2.00 bits per heavy atom. The van der Waals surface area contributed by atoms with Crippen LogP contribution in [-0.4, -0.2) is 19.9 Å². The first-order chi connectivity index (χ1) is 8.47. The zero-order chi connectivity index (χ0) is 13.3. The van der Waals surface area contributed by atoms with Crippen molar-refractivity contribution < 1.29 is 4.74 Å². The lowest BCUT2D eigenvalue weighted by molar-refractivity contribution is -0.100. The van der Waals surface area contributed by atoms with E-state index in [1.165, 1.54) is 51.4 Å². The predicted octanol–water partition coefficient (Wildman–Crippen LogP) is 4.39. The SMILES string of the molecule is C#CC1(C2([Si](C)(C)C)CCCCO2)CCCCC1. The lowest BCUT2D eigenvalue weighted by atomic mass is 9.68. The molecule has 1 saturated carbocycles. The zero-order valence-electron chi connectivity index (χ0n) is 12.3. The van der Waals surface area contributed by atoms with Crippen LogP contribution in [0.15, 0.2) is 0 Å². The molecule has 1 saturated heterocycles. The molecule has 0 aromatic rings. The van der Waals surface area contributed by atoms with Crippen molar-refractivity contribution in [2.45, 2.75) is 76.2 Å². The van der Waals surface area contributed by atoms with E-state index in [9.17, 15) is 0 Å². The van der Waals surface area contributed by atoms with E-state index in [0.717, 1.165) is 6.61 Å². The van der Waals surface area contributed by atoms with E-state index >= 15 is 0 Å². The van der Waals surface area contributed by atoms with Crippen LogP contribution in [0.3, 0.4) is 0 Å². The van der Waals surface area contributed by atoms with Gasteiger partial charge in [-0.2, -0.15) is 0 Å². The van der Waals surface area contributed by atoms with E-state index in [4.69, 9.17) is 11.2 Å². The summed E-state index contributed by atoms with van der Waals surface area (Å²) in [6.07, 6.45) is 16.1. The van der Waals surface area contributed by atoms with Gasteiger partial charge >= 0.3 is 0 Å². The Morgan fingerprint density at radius 1 is 0.944 bits per heavy atom. The van der Waals surface area contributed by atoms with Crippen molar-refractivity contribution in [1.82, 2.24) is 0 Å². The van der Waals surface area contributed by atoms with Gasteiger partial charge in [-0.25, -0.2) is 0 Å². The molecule has 0 N–H and O–H groups in total. The minimum absolute atomic E-state index is 0.0351. The molecule has 0 aromatic carbocycles. The second-order valence-corrected chi connectivity index (χ2v) is 12.5. The number of ether oxygens (including phenoxy) is 1. The van der Waals surface area contributed by atoms with Crippen molar-refractivity contribution in [3.8, 4) is 12.3 Å². The molecule has 2 fully saturated rings. The monoisotopic (exact) mass is 264 g/mol. The first-order valence-electron chi connectivity index (χ1n) is 7.59. The lowest BCUT2D eigenvalue weighted by Crippen LogP contribution is -2.66. The van der Waals surface area contributed by atoms with E-state index in [0.29, 0.717) is 0 Å². The van der Waals surface area contributed by atoms with Gasteiger partial charge in [0.05, 0.1) is 18.7 Å². The molecule has 1 unspecified atom stereocenters. The van der Waals surface area contributed by atoms with Crippen LogP contribution in [0.4, 0.5) is 0 Å². The normalized spacial score (nSPS) is 32.8. The van der Waals surface area contributed by atoms with Gasteiger partial charge in [-0.05, 0) is 32.1 Å². The summed E-state index contributed by atoms with van der Waals surface area (Å²) in [6, 6.07) is 0. The fourth-order valence-corrected chi connectivity index (χ4v) is 7.52.